The van der Waals surface area contributed by atoms with Gasteiger partial charge in [-0.25, -0.2) is 4.98 Å². The molecule has 1 heterocycles. The van der Waals surface area contributed by atoms with Gasteiger partial charge in [0.25, 0.3) is 0 Å². The fraction of sp³-hybridized carbons (Fsp3) is 0.429. The standard InChI is InChI=1S/C14H20N4O/c1-9(16-13(19)14(2,3)15)12-17-10-7-5-6-8-11(10)18(12)4/h5-9H,15H2,1-4H3,(H,16,19). The molecule has 0 spiro atoms. The zero-order valence-electron chi connectivity index (χ0n) is 11.8. The van der Waals surface area contributed by atoms with Gasteiger partial charge in [0, 0.05) is 7.05 Å². The summed E-state index contributed by atoms with van der Waals surface area (Å²) in [6.07, 6.45) is 0. The van der Waals surface area contributed by atoms with Crippen molar-refractivity contribution in [1.82, 2.24) is 14.9 Å². The van der Waals surface area contributed by atoms with Crippen LogP contribution in [-0.4, -0.2) is 21.0 Å². The fourth-order valence-corrected chi connectivity index (χ4v) is 2.00. The topological polar surface area (TPSA) is 72.9 Å². The van der Waals surface area contributed by atoms with E-state index in [1.807, 2.05) is 42.8 Å². The number of imidazole rings is 1. The van der Waals surface area contributed by atoms with Crippen LogP contribution < -0.4 is 11.1 Å². The minimum Gasteiger partial charge on any atom is -0.345 e. The van der Waals surface area contributed by atoms with Gasteiger partial charge in [-0.05, 0) is 32.9 Å². The van der Waals surface area contributed by atoms with Crippen LogP contribution in [0.2, 0.25) is 0 Å². The maximum Gasteiger partial charge on any atom is 0.240 e. The average molecular weight is 260 g/mol. The number of rotatable bonds is 3. The van der Waals surface area contributed by atoms with Gasteiger partial charge >= 0.3 is 0 Å². The van der Waals surface area contributed by atoms with Crippen LogP contribution in [0.4, 0.5) is 0 Å². The summed E-state index contributed by atoms with van der Waals surface area (Å²) >= 11 is 0. The molecule has 0 radical (unpaired) electrons. The van der Waals surface area contributed by atoms with Crippen molar-refractivity contribution in [3.8, 4) is 0 Å². The molecule has 0 bridgehead atoms. The first kappa shape index (κ1) is 13.5. The van der Waals surface area contributed by atoms with Crippen molar-refractivity contribution in [2.75, 3.05) is 0 Å². The molecule has 102 valence electrons. The lowest BCUT2D eigenvalue weighted by Crippen LogP contribution is -2.49. The van der Waals surface area contributed by atoms with Crippen LogP contribution in [-0.2, 0) is 11.8 Å². The molecule has 0 saturated carbocycles. The molecular weight excluding hydrogens is 240 g/mol. The summed E-state index contributed by atoms with van der Waals surface area (Å²) in [6.45, 7) is 5.28. The maximum absolute atomic E-state index is 11.9. The summed E-state index contributed by atoms with van der Waals surface area (Å²) < 4.78 is 1.99. The largest absolute Gasteiger partial charge is 0.345 e. The summed E-state index contributed by atoms with van der Waals surface area (Å²) in [5, 5.41) is 2.89. The van der Waals surface area contributed by atoms with E-state index in [2.05, 4.69) is 10.3 Å². The van der Waals surface area contributed by atoms with Crippen molar-refractivity contribution >= 4 is 16.9 Å². The Morgan fingerprint density at radius 3 is 2.63 bits per heavy atom. The second-order valence-corrected chi connectivity index (χ2v) is 5.43. The molecule has 5 heteroatoms. The van der Waals surface area contributed by atoms with Crippen molar-refractivity contribution in [2.24, 2.45) is 12.8 Å². The lowest BCUT2D eigenvalue weighted by molar-refractivity contribution is -0.125. The van der Waals surface area contributed by atoms with Crippen molar-refractivity contribution in [1.29, 1.82) is 0 Å². The van der Waals surface area contributed by atoms with Gasteiger partial charge in [-0.1, -0.05) is 12.1 Å². The molecule has 1 aromatic heterocycles. The molecule has 2 aromatic rings. The summed E-state index contributed by atoms with van der Waals surface area (Å²) in [4.78, 5) is 16.5. The van der Waals surface area contributed by atoms with Crippen molar-refractivity contribution < 1.29 is 4.79 Å². The number of hydrogen-bond acceptors (Lipinski definition) is 3. The molecular formula is C14H20N4O. The average Bonchev–Trinajstić information content (AvgIpc) is 2.66. The van der Waals surface area contributed by atoms with Crippen LogP contribution in [0.1, 0.15) is 32.6 Å². The SMILES string of the molecule is CC(NC(=O)C(C)(C)N)c1nc2ccccc2n1C. The lowest BCUT2D eigenvalue weighted by atomic mass is 10.1. The Kier molecular flexibility index (Phi) is 3.32. The van der Waals surface area contributed by atoms with Crippen LogP contribution >= 0.6 is 0 Å². The van der Waals surface area contributed by atoms with E-state index in [-0.39, 0.29) is 11.9 Å². The third-order valence-electron chi connectivity index (χ3n) is 3.14. The van der Waals surface area contributed by atoms with E-state index in [4.69, 9.17) is 5.73 Å². The van der Waals surface area contributed by atoms with Crippen molar-refractivity contribution in [3.63, 3.8) is 0 Å². The highest BCUT2D eigenvalue weighted by Crippen LogP contribution is 2.19. The van der Waals surface area contributed by atoms with Crippen LogP contribution in [0.25, 0.3) is 11.0 Å². The summed E-state index contributed by atoms with van der Waals surface area (Å²) in [6, 6.07) is 7.70. The molecule has 5 nitrogen and oxygen atoms in total. The molecule has 1 unspecified atom stereocenters. The van der Waals surface area contributed by atoms with E-state index in [0.29, 0.717) is 0 Å². The molecule has 1 aromatic carbocycles. The molecule has 0 aliphatic heterocycles. The zero-order chi connectivity index (χ0) is 14.2. The van der Waals surface area contributed by atoms with Crippen molar-refractivity contribution in [2.45, 2.75) is 32.4 Å². The number of fused-ring (bicyclic) bond motifs is 1. The van der Waals surface area contributed by atoms with Gasteiger partial charge in [0.2, 0.25) is 5.91 Å². The minimum absolute atomic E-state index is 0.187. The quantitative estimate of drug-likeness (QED) is 0.878. The number of amides is 1. The monoisotopic (exact) mass is 260 g/mol. The van der Waals surface area contributed by atoms with E-state index >= 15 is 0 Å². The number of carbonyl (C=O) groups is 1. The second kappa shape index (κ2) is 4.66. The van der Waals surface area contributed by atoms with Crippen LogP contribution in [0.15, 0.2) is 24.3 Å². The molecule has 1 amide bonds. The van der Waals surface area contributed by atoms with Crippen LogP contribution in [0, 0.1) is 0 Å². The summed E-state index contributed by atoms with van der Waals surface area (Å²) in [5.74, 6) is 0.630. The Bertz CT molecular complexity index is 609. The number of hydrogen-bond donors (Lipinski definition) is 2. The molecule has 19 heavy (non-hydrogen) atoms. The third kappa shape index (κ3) is 2.61. The zero-order valence-corrected chi connectivity index (χ0v) is 11.8. The second-order valence-electron chi connectivity index (χ2n) is 5.43. The molecule has 0 aliphatic carbocycles. The number of aryl methyl sites for hydroxylation is 1. The van der Waals surface area contributed by atoms with Gasteiger partial charge in [0.15, 0.2) is 0 Å². The lowest BCUT2D eigenvalue weighted by Gasteiger charge is -2.21. The number of nitrogens with zero attached hydrogens (tertiary/aromatic N) is 2. The highest BCUT2D eigenvalue weighted by Gasteiger charge is 2.25. The smallest absolute Gasteiger partial charge is 0.240 e. The highest BCUT2D eigenvalue weighted by atomic mass is 16.2. The van der Waals surface area contributed by atoms with E-state index < -0.39 is 5.54 Å². The number of benzene rings is 1. The molecule has 3 N–H and O–H groups in total. The first-order valence-corrected chi connectivity index (χ1v) is 6.32. The Labute approximate surface area is 112 Å². The molecule has 0 aliphatic rings. The Balaban J connectivity index is 2.29. The highest BCUT2D eigenvalue weighted by molar-refractivity contribution is 5.85. The van der Waals surface area contributed by atoms with E-state index in [1.165, 1.54) is 0 Å². The fourth-order valence-electron chi connectivity index (χ4n) is 2.00. The maximum atomic E-state index is 11.9. The Morgan fingerprint density at radius 1 is 1.42 bits per heavy atom. The van der Waals surface area contributed by atoms with Gasteiger partial charge in [0.05, 0.1) is 22.6 Å². The molecule has 2 rings (SSSR count). The summed E-state index contributed by atoms with van der Waals surface area (Å²) in [5.41, 5.74) is 6.86. The van der Waals surface area contributed by atoms with E-state index in [0.717, 1.165) is 16.9 Å². The van der Waals surface area contributed by atoms with E-state index in [9.17, 15) is 4.79 Å². The van der Waals surface area contributed by atoms with Crippen molar-refractivity contribution in [3.05, 3.63) is 30.1 Å². The summed E-state index contributed by atoms with van der Waals surface area (Å²) in [7, 11) is 1.95. The van der Waals surface area contributed by atoms with E-state index in [1.54, 1.807) is 13.8 Å². The normalized spacial score (nSPS) is 13.5. The minimum atomic E-state index is -0.890. The van der Waals surface area contributed by atoms with Crippen LogP contribution in [0.5, 0.6) is 0 Å². The first-order chi connectivity index (χ1) is 8.80. The molecule has 1 atom stereocenters. The Morgan fingerprint density at radius 2 is 2.05 bits per heavy atom. The van der Waals surface area contributed by atoms with Gasteiger partial charge < -0.3 is 15.6 Å². The van der Waals surface area contributed by atoms with Gasteiger partial charge in [-0.3, -0.25) is 4.79 Å². The predicted molar refractivity (Wildman–Crippen MR) is 75.5 cm³/mol. The first-order valence-electron chi connectivity index (χ1n) is 6.32. The van der Waals surface area contributed by atoms with Crippen LogP contribution in [0.3, 0.4) is 0 Å². The molecule has 0 fully saturated rings. The molecule has 0 saturated heterocycles. The Hall–Kier alpha value is -1.88. The third-order valence-corrected chi connectivity index (χ3v) is 3.14. The number of aromatic nitrogens is 2. The van der Waals surface area contributed by atoms with Gasteiger partial charge in [0.1, 0.15) is 5.82 Å². The number of carbonyl (C=O) groups excluding carboxylic acids is 1. The predicted octanol–water partition coefficient (Wildman–Crippen LogP) is 1.49. The number of nitrogens with two attached hydrogens (primary N) is 1. The number of para-hydroxylation sites is 2. The van der Waals surface area contributed by atoms with Gasteiger partial charge in [-0.15, -0.1) is 0 Å². The van der Waals surface area contributed by atoms with Gasteiger partial charge in [-0.2, -0.15) is 0 Å². The number of nitrogens with one attached hydrogen (secondary N) is 1.